The van der Waals surface area contributed by atoms with Gasteiger partial charge in [0.25, 0.3) is 5.91 Å². The monoisotopic (exact) mass is 517 g/mol. The second-order valence-corrected chi connectivity index (χ2v) is 8.36. The Bertz CT molecular complexity index is 1020. The summed E-state index contributed by atoms with van der Waals surface area (Å²) in [6, 6.07) is 8.38. The van der Waals surface area contributed by atoms with Crippen LogP contribution in [-0.2, 0) is 28.7 Å². The number of esters is 1. The lowest BCUT2D eigenvalue weighted by Crippen LogP contribution is -2.56. The minimum absolute atomic E-state index is 0.137. The average Bonchev–Trinajstić information content (AvgIpc) is 3.25. The Morgan fingerprint density at radius 3 is 2.22 bits per heavy atom. The molecule has 0 radical (unpaired) electrons. The first kappa shape index (κ1) is 28.6. The second-order valence-electron chi connectivity index (χ2n) is 8.36. The fourth-order valence-electron chi connectivity index (χ4n) is 4.14. The lowest BCUT2D eigenvalue weighted by Gasteiger charge is -2.29. The summed E-state index contributed by atoms with van der Waals surface area (Å²) in [7, 11) is 4.23. The van der Waals surface area contributed by atoms with Crippen molar-refractivity contribution in [3.63, 3.8) is 0 Å². The van der Waals surface area contributed by atoms with Crippen molar-refractivity contribution >= 4 is 29.7 Å². The highest BCUT2D eigenvalue weighted by molar-refractivity contribution is 6.09. The predicted molar refractivity (Wildman–Crippen MR) is 115 cm³/mol. The Balaban J connectivity index is 0.000000572. The number of hydrogen-bond acceptors (Lipinski definition) is 8. The molecule has 198 valence electrons. The number of likely N-dealkylation sites (N-methyl/N-ethyl adjacent to an activating group) is 1. The van der Waals surface area contributed by atoms with Gasteiger partial charge in [0.05, 0.1) is 18.9 Å². The van der Waals surface area contributed by atoms with Crippen LogP contribution >= 0.6 is 0 Å². The smallest absolute Gasteiger partial charge is 0.484 e. The van der Waals surface area contributed by atoms with Crippen LogP contribution in [0.3, 0.4) is 0 Å². The van der Waals surface area contributed by atoms with Crippen molar-refractivity contribution in [1.82, 2.24) is 15.1 Å². The van der Waals surface area contributed by atoms with Crippen LogP contribution in [-0.4, -0.2) is 96.7 Å². The summed E-state index contributed by atoms with van der Waals surface area (Å²) >= 11 is 0. The van der Waals surface area contributed by atoms with E-state index in [0.29, 0.717) is 5.75 Å². The zero-order valence-electron chi connectivity index (χ0n) is 19.9. The third kappa shape index (κ3) is 5.93. The number of carboxylic acids is 1. The second kappa shape index (κ2) is 10.9. The quantitative estimate of drug-likeness (QED) is 0.402. The van der Waals surface area contributed by atoms with E-state index in [1.165, 1.54) is 19.1 Å². The predicted octanol–water partition coefficient (Wildman–Crippen LogP) is 0.292. The number of fused-ring (bicyclic) bond motifs is 1. The largest absolute Gasteiger partial charge is 0.490 e. The molecule has 1 aromatic carbocycles. The molecule has 0 bridgehead atoms. The number of ether oxygens (including phenoxy) is 2. The Hall–Kier alpha value is -3.68. The van der Waals surface area contributed by atoms with Crippen molar-refractivity contribution in [1.29, 1.82) is 0 Å². The Morgan fingerprint density at radius 1 is 1.17 bits per heavy atom. The molecule has 2 heterocycles. The van der Waals surface area contributed by atoms with Gasteiger partial charge in [-0.15, -0.1) is 0 Å². The number of carbonyl (C=O) groups excluding carboxylic acids is 4. The number of amides is 3. The molecule has 2 saturated heterocycles. The molecule has 0 saturated carbocycles. The van der Waals surface area contributed by atoms with Crippen molar-refractivity contribution in [2.24, 2.45) is 11.8 Å². The van der Waals surface area contributed by atoms with E-state index in [4.69, 9.17) is 19.4 Å². The van der Waals surface area contributed by atoms with Crippen LogP contribution in [0.15, 0.2) is 30.3 Å². The molecule has 14 heteroatoms. The van der Waals surface area contributed by atoms with E-state index in [9.17, 15) is 32.3 Å². The van der Waals surface area contributed by atoms with Crippen molar-refractivity contribution in [3.8, 4) is 5.75 Å². The van der Waals surface area contributed by atoms with Gasteiger partial charge in [0, 0.05) is 26.7 Å². The maximum Gasteiger partial charge on any atom is 0.490 e. The summed E-state index contributed by atoms with van der Waals surface area (Å²) in [5.41, 5.74) is -1.34. The molecule has 2 N–H and O–H groups in total. The maximum absolute atomic E-state index is 12.7. The highest BCUT2D eigenvalue weighted by Gasteiger charge is 2.66. The highest BCUT2D eigenvalue weighted by Crippen LogP contribution is 2.43. The van der Waals surface area contributed by atoms with Crippen LogP contribution in [0.1, 0.15) is 6.92 Å². The first-order valence-corrected chi connectivity index (χ1v) is 10.5. The lowest BCUT2D eigenvalue weighted by molar-refractivity contribution is -0.192. The lowest BCUT2D eigenvalue weighted by atomic mass is 9.81. The Morgan fingerprint density at radius 2 is 1.72 bits per heavy atom. The zero-order chi connectivity index (χ0) is 27.4. The molecule has 2 aliphatic heterocycles. The van der Waals surface area contributed by atoms with Crippen molar-refractivity contribution < 1.29 is 51.7 Å². The van der Waals surface area contributed by atoms with Gasteiger partial charge in [-0.1, -0.05) is 18.2 Å². The van der Waals surface area contributed by atoms with Crippen LogP contribution < -0.4 is 10.1 Å². The van der Waals surface area contributed by atoms with Gasteiger partial charge in [-0.25, -0.2) is 4.79 Å². The number of methoxy groups -OCH3 is 1. The van der Waals surface area contributed by atoms with E-state index in [1.807, 2.05) is 6.07 Å². The number of aliphatic carboxylic acids is 1. The molecule has 0 spiro atoms. The van der Waals surface area contributed by atoms with Gasteiger partial charge in [-0.05, 0) is 19.1 Å². The Kier molecular flexibility index (Phi) is 8.67. The summed E-state index contributed by atoms with van der Waals surface area (Å²) in [5.74, 6) is -5.51. The topological polar surface area (TPSA) is 143 Å². The van der Waals surface area contributed by atoms with Gasteiger partial charge in [0.2, 0.25) is 11.8 Å². The van der Waals surface area contributed by atoms with E-state index in [0.717, 1.165) is 4.90 Å². The standard InChI is InChI=1S/C20H25N3O6.C2HF3O2/c1-20(19(27)28-4)16-15(17(25)23(3)18(16)26)13(21-20)10-22(2)14(24)11-29-12-8-6-5-7-9-12;3-2(4,5)1(6)7/h5-9,13,15-16,21H,10-11H2,1-4H3;(H,6,7)/t13-,15+,16-,20-;/m1./s1. The number of carboxylic acid groups (broad SMARTS) is 1. The van der Waals surface area contributed by atoms with Gasteiger partial charge in [-0.2, -0.15) is 13.2 Å². The van der Waals surface area contributed by atoms with Crippen LogP contribution in [0, 0.1) is 11.8 Å². The third-order valence-electron chi connectivity index (χ3n) is 5.97. The minimum Gasteiger partial charge on any atom is -0.484 e. The molecule has 3 amide bonds. The van der Waals surface area contributed by atoms with Crippen molar-refractivity contribution in [2.45, 2.75) is 24.7 Å². The summed E-state index contributed by atoms with van der Waals surface area (Å²) in [4.78, 5) is 61.5. The number of para-hydroxylation sites is 1. The van der Waals surface area contributed by atoms with Gasteiger partial charge >= 0.3 is 18.1 Å². The summed E-state index contributed by atoms with van der Waals surface area (Å²) in [5, 5.41) is 10.2. The molecule has 3 rings (SSSR count). The SMILES string of the molecule is COC(=O)[C@]1(C)N[C@H](CN(C)C(=O)COc2ccccc2)[C@@H]2C(=O)N(C)C(=O)[C@@H]21.O=C(O)C(F)(F)F. The number of halogens is 3. The van der Waals surface area contributed by atoms with Crippen LogP contribution in [0.5, 0.6) is 5.75 Å². The van der Waals surface area contributed by atoms with E-state index in [-0.39, 0.29) is 25.0 Å². The normalized spacial score (nSPS) is 25.0. The molecule has 0 aliphatic carbocycles. The number of carbonyl (C=O) groups is 5. The molecule has 11 nitrogen and oxygen atoms in total. The molecule has 0 aromatic heterocycles. The first-order chi connectivity index (χ1) is 16.6. The molecule has 4 atom stereocenters. The molecular weight excluding hydrogens is 491 g/mol. The fourth-order valence-corrected chi connectivity index (χ4v) is 4.14. The number of benzene rings is 1. The summed E-state index contributed by atoms with van der Waals surface area (Å²) in [6.07, 6.45) is -5.08. The summed E-state index contributed by atoms with van der Waals surface area (Å²) < 4.78 is 42.1. The van der Waals surface area contributed by atoms with Gasteiger partial charge in [0.1, 0.15) is 11.3 Å². The number of nitrogens with one attached hydrogen (secondary N) is 1. The highest BCUT2D eigenvalue weighted by atomic mass is 19.4. The Labute approximate surface area is 204 Å². The zero-order valence-corrected chi connectivity index (χ0v) is 19.9. The van der Waals surface area contributed by atoms with Gasteiger partial charge in [0.15, 0.2) is 6.61 Å². The first-order valence-electron chi connectivity index (χ1n) is 10.5. The third-order valence-corrected chi connectivity index (χ3v) is 5.97. The van der Waals surface area contributed by atoms with Crippen LogP contribution in [0.4, 0.5) is 13.2 Å². The van der Waals surface area contributed by atoms with Crippen LogP contribution in [0.25, 0.3) is 0 Å². The van der Waals surface area contributed by atoms with E-state index in [2.05, 4.69) is 5.32 Å². The van der Waals surface area contributed by atoms with Crippen molar-refractivity contribution in [3.05, 3.63) is 30.3 Å². The van der Waals surface area contributed by atoms with Gasteiger partial charge < -0.3 is 19.5 Å². The van der Waals surface area contributed by atoms with E-state index in [1.54, 1.807) is 38.2 Å². The molecule has 2 aliphatic rings. The molecule has 1 aromatic rings. The number of imide groups is 1. The van der Waals surface area contributed by atoms with Gasteiger partial charge in [-0.3, -0.25) is 29.4 Å². The fraction of sp³-hybridized carbons (Fsp3) is 0.500. The van der Waals surface area contributed by atoms with Crippen molar-refractivity contribution in [2.75, 3.05) is 34.4 Å². The number of nitrogens with zero attached hydrogens (tertiary/aromatic N) is 2. The summed E-state index contributed by atoms with van der Waals surface area (Å²) in [6.45, 7) is 1.53. The van der Waals surface area contributed by atoms with E-state index < -0.39 is 47.4 Å². The molecule has 0 unspecified atom stereocenters. The average molecular weight is 517 g/mol. The number of hydrogen-bond donors (Lipinski definition) is 2. The number of rotatable bonds is 6. The molecular formula is C22H26F3N3O8. The number of alkyl halides is 3. The molecule has 2 fully saturated rings. The van der Waals surface area contributed by atoms with Crippen LogP contribution in [0.2, 0.25) is 0 Å². The maximum atomic E-state index is 12.7. The minimum atomic E-state index is -5.08. The van der Waals surface area contributed by atoms with E-state index >= 15 is 0 Å². The molecule has 36 heavy (non-hydrogen) atoms. The number of likely N-dealkylation sites (tertiary alicyclic amines) is 1.